The van der Waals surface area contributed by atoms with Crippen molar-refractivity contribution in [3.05, 3.63) is 41.1 Å². The summed E-state index contributed by atoms with van der Waals surface area (Å²) in [6.07, 6.45) is 4.33. The van der Waals surface area contributed by atoms with Crippen LogP contribution < -0.4 is 10.1 Å². The second kappa shape index (κ2) is 5.36. The van der Waals surface area contributed by atoms with Crippen molar-refractivity contribution < 1.29 is 9.53 Å². The Bertz CT molecular complexity index is 811. The third-order valence-electron chi connectivity index (χ3n) is 5.63. The number of hydrogen-bond acceptors (Lipinski definition) is 3. The van der Waals surface area contributed by atoms with Gasteiger partial charge in [0.15, 0.2) is 0 Å². The summed E-state index contributed by atoms with van der Waals surface area (Å²) in [5, 5.41) is 7.40. The molecule has 0 bridgehead atoms. The smallest absolute Gasteiger partial charge is 0.236 e. The molecule has 5 nitrogen and oxygen atoms in total. The number of benzene rings is 1. The molecule has 24 heavy (non-hydrogen) atoms. The van der Waals surface area contributed by atoms with Gasteiger partial charge in [0.2, 0.25) is 11.8 Å². The molecule has 1 heterocycles. The Kier molecular flexibility index (Phi) is 3.41. The molecule has 1 spiro atoms. The lowest BCUT2D eigenvalue weighted by Crippen LogP contribution is -2.25. The van der Waals surface area contributed by atoms with Crippen molar-refractivity contribution in [1.82, 2.24) is 9.78 Å². The third-order valence-corrected chi connectivity index (χ3v) is 5.63. The van der Waals surface area contributed by atoms with Gasteiger partial charge in [-0.2, -0.15) is 5.10 Å². The number of anilines is 1. The first-order chi connectivity index (χ1) is 11.6. The molecule has 126 valence electrons. The normalized spacial score (nSPS) is 24.5. The number of aryl methyl sites for hydroxylation is 3. The SMILES string of the molecule is COc1c(NC(=O)[C@@H]2C[C@]23CCCc2ccccc23)c(C)nn1C. The van der Waals surface area contributed by atoms with Crippen LogP contribution in [0.25, 0.3) is 0 Å². The molecule has 2 aromatic rings. The fourth-order valence-corrected chi connectivity index (χ4v) is 4.40. The maximum atomic E-state index is 12.9. The number of aromatic nitrogens is 2. The van der Waals surface area contributed by atoms with E-state index < -0.39 is 0 Å². The molecule has 2 aliphatic carbocycles. The molecule has 2 atom stereocenters. The van der Waals surface area contributed by atoms with Crippen molar-refractivity contribution in [2.75, 3.05) is 12.4 Å². The van der Waals surface area contributed by atoms with Crippen LogP contribution >= 0.6 is 0 Å². The van der Waals surface area contributed by atoms with Crippen LogP contribution in [0.5, 0.6) is 5.88 Å². The zero-order valence-electron chi connectivity index (χ0n) is 14.4. The summed E-state index contributed by atoms with van der Waals surface area (Å²) >= 11 is 0. The maximum Gasteiger partial charge on any atom is 0.236 e. The van der Waals surface area contributed by atoms with E-state index in [1.54, 1.807) is 11.8 Å². The number of methoxy groups -OCH3 is 1. The molecular formula is C19H23N3O2. The van der Waals surface area contributed by atoms with Crippen molar-refractivity contribution >= 4 is 11.6 Å². The largest absolute Gasteiger partial charge is 0.480 e. The second-order valence-electron chi connectivity index (χ2n) is 7.01. The van der Waals surface area contributed by atoms with E-state index in [1.165, 1.54) is 11.1 Å². The van der Waals surface area contributed by atoms with Gasteiger partial charge in [-0.15, -0.1) is 0 Å². The monoisotopic (exact) mass is 325 g/mol. The highest BCUT2D eigenvalue weighted by atomic mass is 16.5. The van der Waals surface area contributed by atoms with Gasteiger partial charge in [0.1, 0.15) is 5.69 Å². The molecular weight excluding hydrogens is 302 g/mol. The predicted molar refractivity (Wildman–Crippen MR) is 92.3 cm³/mol. The van der Waals surface area contributed by atoms with Crippen LogP contribution in [0.2, 0.25) is 0 Å². The average molecular weight is 325 g/mol. The molecule has 1 fully saturated rings. The lowest BCUT2D eigenvalue weighted by molar-refractivity contribution is -0.117. The highest BCUT2D eigenvalue weighted by Crippen LogP contribution is 2.60. The first-order valence-corrected chi connectivity index (χ1v) is 8.53. The van der Waals surface area contributed by atoms with Crippen LogP contribution in [0, 0.1) is 12.8 Å². The predicted octanol–water partition coefficient (Wildman–Crippen LogP) is 2.97. The second-order valence-corrected chi connectivity index (χ2v) is 7.01. The molecule has 1 N–H and O–H groups in total. The molecule has 1 amide bonds. The number of rotatable bonds is 3. The summed E-state index contributed by atoms with van der Waals surface area (Å²) in [5.41, 5.74) is 4.31. The zero-order valence-corrected chi connectivity index (χ0v) is 14.4. The molecule has 1 saturated carbocycles. The summed E-state index contributed by atoms with van der Waals surface area (Å²) in [4.78, 5) is 12.9. The summed E-state index contributed by atoms with van der Waals surface area (Å²) in [5.74, 6) is 0.726. The van der Waals surface area contributed by atoms with Gasteiger partial charge in [-0.1, -0.05) is 24.3 Å². The first-order valence-electron chi connectivity index (χ1n) is 8.53. The van der Waals surface area contributed by atoms with Crippen molar-refractivity contribution in [2.24, 2.45) is 13.0 Å². The maximum absolute atomic E-state index is 12.9. The fourth-order valence-electron chi connectivity index (χ4n) is 4.40. The van der Waals surface area contributed by atoms with E-state index >= 15 is 0 Å². The van der Waals surface area contributed by atoms with E-state index in [-0.39, 0.29) is 17.2 Å². The van der Waals surface area contributed by atoms with Crippen molar-refractivity contribution in [3.8, 4) is 5.88 Å². The number of fused-ring (bicyclic) bond motifs is 2. The Morgan fingerprint density at radius 1 is 1.42 bits per heavy atom. The Hall–Kier alpha value is -2.30. The summed E-state index contributed by atoms with van der Waals surface area (Å²) in [6, 6.07) is 8.60. The lowest BCUT2D eigenvalue weighted by atomic mass is 9.78. The van der Waals surface area contributed by atoms with E-state index in [1.807, 2.05) is 14.0 Å². The molecule has 0 saturated heterocycles. The van der Waals surface area contributed by atoms with Gasteiger partial charge in [0, 0.05) is 18.4 Å². The zero-order chi connectivity index (χ0) is 16.9. The van der Waals surface area contributed by atoms with Gasteiger partial charge >= 0.3 is 0 Å². The minimum absolute atomic E-state index is 0.0439. The van der Waals surface area contributed by atoms with Gasteiger partial charge in [-0.3, -0.25) is 4.79 Å². The molecule has 4 rings (SSSR count). The third kappa shape index (κ3) is 2.14. The van der Waals surface area contributed by atoms with E-state index in [0.717, 1.165) is 31.4 Å². The number of carbonyl (C=O) groups is 1. The Balaban J connectivity index is 1.59. The fraction of sp³-hybridized carbons (Fsp3) is 0.474. The van der Waals surface area contributed by atoms with Crippen molar-refractivity contribution in [2.45, 2.75) is 38.0 Å². The first kappa shape index (κ1) is 15.2. The molecule has 5 heteroatoms. The minimum atomic E-state index is 0.0439. The molecule has 2 aliphatic rings. The van der Waals surface area contributed by atoms with Gasteiger partial charge in [0.25, 0.3) is 0 Å². The Morgan fingerprint density at radius 3 is 3.00 bits per heavy atom. The number of nitrogens with zero attached hydrogens (tertiary/aromatic N) is 2. The lowest BCUT2D eigenvalue weighted by Gasteiger charge is -2.26. The van der Waals surface area contributed by atoms with Crippen LogP contribution in [0.1, 0.15) is 36.1 Å². The van der Waals surface area contributed by atoms with Gasteiger partial charge in [-0.25, -0.2) is 4.68 Å². The Morgan fingerprint density at radius 2 is 2.21 bits per heavy atom. The van der Waals surface area contributed by atoms with Crippen LogP contribution in [0.3, 0.4) is 0 Å². The standard InChI is InChI=1S/C19H23N3O2/c1-12-16(18(24-3)22(2)21-12)20-17(23)15-11-19(15)10-6-8-13-7-4-5-9-14(13)19/h4-5,7,9,15H,6,8,10-11H2,1-3H3,(H,20,23)/t15-,19-/m0/s1. The molecule has 0 unspecified atom stereocenters. The summed E-state index contributed by atoms with van der Waals surface area (Å²) < 4.78 is 7.03. The quantitative estimate of drug-likeness (QED) is 0.944. The van der Waals surface area contributed by atoms with E-state index in [4.69, 9.17) is 4.74 Å². The summed E-state index contributed by atoms with van der Waals surface area (Å²) in [6.45, 7) is 1.89. The van der Waals surface area contributed by atoms with Gasteiger partial charge in [0.05, 0.1) is 12.8 Å². The van der Waals surface area contributed by atoms with Crippen molar-refractivity contribution in [1.29, 1.82) is 0 Å². The molecule has 1 aromatic carbocycles. The minimum Gasteiger partial charge on any atom is -0.480 e. The number of ether oxygens (including phenoxy) is 1. The number of carbonyl (C=O) groups excluding carboxylic acids is 1. The van der Waals surface area contributed by atoms with Gasteiger partial charge in [-0.05, 0) is 43.7 Å². The number of nitrogens with one attached hydrogen (secondary N) is 1. The van der Waals surface area contributed by atoms with Gasteiger partial charge < -0.3 is 10.1 Å². The topological polar surface area (TPSA) is 56.1 Å². The molecule has 0 radical (unpaired) electrons. The molecule has 0 aliphatic heterocycles. The van der Waals surface area contributed by atoms with Crippen LogP contribution in [-0.4, -0.2) is 22.8 Å². The van der Waals surface area contributed by atoms with E-state index in [9.17, 15) is 4.79 Å². The number of amides is 1. The van der Waals surface area contributed by atoms with Crippen LogP contribution in [0.15, 0.2) is 24.3 Å². The van der Waals surface area contributed by atoms with E-state index in [0.29, 0.717) is 11.6 Å². The van der Waals surface area contributed by atoms with Crippen LogP contribution in [0.4, 0.5) is 5.69 Å². The Labute approximate surface area is 142 Å². The molecule has 1 aromatic heterocycles. The number of hydrogen-bond donors (Lipinski definition) is 1. The summed E-state index contributed by atoms with van der Waals surface area (Å²) in [7, 11) is 3.42. The van der Waals surface area contributed by atoms with Crippen molar-refractivity contribution in [3.63, 3.8) is 0 Å². The van der Waals surface area contributed by atoms with E-state index in [2.05, 4.69) is 34.7 Å². The highest BCUT2D eigenvalue weighted by molar-refractivity contribution is 5.97. The highest BCUT2D eigenvalue weighted by Gasteiger charge is 2.60. The average Bonchev–Trinajstić information content (AvgIpc) is 3.22. The van der Waals surface area contributed by atoms with Crippen LogP contribution in [-0.2, 0) is 23.7 Å².